The second-order valence-corrected chi connectivity index (χ2v) is 6.73. The Balaban J connectivity index is 0.00000480. The van der Waals surface area contributed by atoms with E-state index in [9.17, 15) is 4.79 Å². The number of benzene rings is 1. The number of hydrogen-bond acceptors (Lipinski definition) is 5. The van der Waals surface area contributed by atoms with Crippen LogP contribution in [0.4, 0.5) is 5.82 Å². The topological polar surface area (TPSA) is 88.1 Å². The molecule has 31 heavy (non-hydrogen) atoms. The van der Waals surface area contributed by atoms with Crippen molar-refractivity contribution in [2.24, 2.45) is 4.99 Å². The Kier molecular flexibility index (Phi) is 11.7. The molecule has 1 aromatic heterocycles. The van der Waals surface area contributed by atoms with Gasteiger partial charge in [-0.15, -0.1) is 24.0 Å². The fraction of sp³-hybridized carbons (Fsp3) is 0.409. The summed E-state index contributed by atoms with van der Waals surface area (Å²) in [5, 5.41) is 6.06. The minimum Gasteiger partial charge on any atom is -0.497 e. The van der Waals surface area contributed by atoms with E-state index in [4.69, 9.17) is 9.47 Å². The SMILES string of the molecule is CCNC(=NCCC(=O)Nc1cccc(C)n1)N(C)Cc1ccc(OC)cc1OC.I. The molecule has 2 aromatic rings. The van der Waals surface area contributed by atoms with Crippen molar-refractivity contribution in [3.63, 3.8) is 0 Å². The van der Waals surface area contributed by atoms with Crippen LogP contribution >= 0.6 is 24.0 Å². The number of nitrogens with one attached hydrogen (secondary N) is 2. The number of halogens is 1. The number of amides is 1. The van der Waals surface area contributed by atoms with Gasteiger partial charge >= 0.3 is 0 Å². The number of aryl methyl sites for hydroxylation is 1. The van der Waals surface area contributed by atoms with Crippen molar-refractivity contribution in [3.05, 3.63) is 47.7 Å². The maximum atomic E-state index is 12.2. The minimum atomic E-state index is -0.118. The van der Waals surface area contributed by atoms with E-state index in [0.717, 1.165) is 35.3 Å². The standard InChI is InChI=1S/C22H31N5O3.HI/c1-6-23-22(24-13-12-21(28)26-20-9-7-8-16(2)25-20)27(3)15-17-10-11-18(29-4)14-19(17)30-5;/h7-11,14H,6,12-13,15H2,1-5H3,(H,23,24)(H,25,26,28);1H. The molecule has 1 amide bonds. The Hall–Kier alpha value is -2.56. The van der Waals surface area contributed by atoms with Gasteiger partial charge in [-0.3, -0.25) is 9.79 Å². The fourth-order valence-electron chi connectivity index (χ4n) is 2.86. The summed E-state index contributed by atoms with van der Waals surface area (Å²) >= 11 is 0. The third-order valence-corrected chi connectivity index (χ3v) is 4.35. The van der Waals surface area contributed by atoms with Gasteiger partial charge in [-0.1, -0.05) is 6.07 Å². The highest BCUT2D eigenvalue weighted by atomic mass is 127. The molecule has 0 fully saturated rings. The first-order chi connectivity index (χ1) is 14.5. The smallest absolute Gasteiger partial charge is 0.227 e. The predicted molar refractivity (Wildman–Crippen MR) is 135 cm³/mol. The van der Waals surface area contributed by atoms with Gasteiger partial charge in [0, 0.05) is 43.9 Å². The molecule has 0 saturated heterocycles. The van der Waals surface area contributed by atoms with Crippen LogP contribution in [0.1, 0.15) is 24.6 Å². The van der Waals surface area contributed by atoms with Crippen LogP contribution in [-0.2, 0) is 11.3 Å². The van der Waals surface area contributed by atoms with E-state index in [-0.39, 0.29) is 36.3 Å². The zero-order chi connectivity index (χ0) is 21.9. The highest BCUT2D eigenvalue weighted by Gasteiger charge is 2.12. The van der Waals surface area contributed by atoms with E-state index < -0.39 is 0 Å². The first kappa shape index (κ1) is 26.5. The Morgan fingerprint density at radius 1 is 1.19 bits per heavy atom. The van der Waals surface area contributed by atoms with Crippen molar-refractivity contribution in [3.8, 4) is 11.5 Å². The number of methoxy groups -OCH3 is 2. The van der Waals surface area contributed by atoms with Gasteiger partial charge in [0.1, 0.15) is 17.3 Å². The summed E-state index contributed by atoms with van der Waals surface area (Å²) in [6, 6.07) is 11.3. The molecule has 0 unspecified atom stereocenters. The van der Waals surface area contributed by atoms with Gasteiger partial charge in [0.05, 0.1) is 20.8 Å². The third-order valence-electron chi connectivity index (χ3n) is 4.35. The summed E-state index contributed by atoms with van der Waals surface area (Å²) in [7, 11) is 5.21. The fourth-order valence-corrected chi connectivity index (χ4v) is 2.86. The second-order valence-electron chi connectivity index (χ2n) is 6.73. The van der Waals surface area contributed by atoms with E-state index >= 15 is 0 Å². The molecule has 9 heteroatoms. The lowest BCUT2D eigenvalue weighted by Gasteiger charge is -2.23. The molecule has 0 atom stereocenters. The normalized spacial score (nSPS) is 10.7. The van der Waals surface area contributed by atoms with Gasteiger partial charge in [-0.05, 0) is 38.1 Å². The molecule has 0 spiro atoms. The van der Waals surface area contributed by atoms with Crippen molar-refractivity contribution in [1.82, 2.24) is 15.2 Å². The number of aliphatic imine (C=N–C) groups is 1. The number of ether oxygens (including phenoxy) is 2. The maximum absolute atomic E-state index is 12.2. The quantitative estimate of drug-likeness (QED) is 0.287. The largest absolute Gasteiger partial charge is 0.497 e. The Labute approximate surface area is 201 Å². The number of anilines is 1. The number of carbonyl (C=O) groups is 1. The lowest BCUT2D eigenvalue weighted by molar-refractivity contribution is -0.116. The molecule has 0 saturated carbocycles. The molecule has 0 radical (unpaired) electrons. The number of nitrogens with zero attached hydrogens (tertiary/aromatic N) is 3. The molecule has 170 valence electrons. The van der Waals surface area contributed by atoms with Crippen LogP contribution in [0.25, 0.3) is 0 Å². The summed E-state index contributed by atoms with van der Waals surface area (Å²) < 4.78 is 10.7. The second kappa shape index (κ2) is 13.7. The highest BCUT2D eigenvalue weighted by Crippen LogP contribution is 2.25. The molecule has 0 aliphatic rings. The lowest BCUT2D eigenvalue weighted by atomic mass is 10.2. The van der Waals surface area contributed by atoms with Crippen molar-refractivity contribution >= 4 is 41.7 Å². The van der Waals surface area contributed by atoms with Crippen LogP contribution in [0, 0.1) is 6.92 Å². The zero-order valence-electron chi connectivity index (χ0n) is 18.8. The summed E-state index contributed by atoms with van der Waals surface area (Å²) in [4.78, 5) is 23.0. The average Bonchev–Trinajstić information content (AvgIpc) is 2.73. The van der Waals surface area contributed by atoms with E-state index in [2.05, 4.69) is 20.6 Å². The summed E-state index contributed by atoms with van der Waals surface area (Å²) in [6.45, 7) is 5.58. The first-order valence-corrected chi connectivity index (χ1v) is 9.90. The van der Waals surface area contributed by atoms with Crippen LogP contribution in [0.5, 0.6) is 11.5 Å². The number of pyridine rings is 1. The molecule has 2 N–H and O–H groups in total. The van der Waals surface area contributed by atoms with Crippen LogP contribution in [0.15, 0.2) is 41.4 Å². The highest BCUT2D eigenvalue weighted by molar-refractivity contribution is 14.0. The Morgan fingerprint density at radius 3 is 2.61 bits per heavy atom. The van der Waals surface area contributed by atoms with Gasteiger partial charge < -0.3 is 25.0 Å². The summed E-state index contributed by atoms with van der Waals surface area (Å²) in [5.41, 5.74) is 1.87. The van der Waals surface area contributed by atoms with Gasteiger partial charge in [0.25, 0.3) is 0 Å². The van der Waals surface area contributed by atoms with Crippen LogP contribution in [0.2, 0.25) is 0 Å². The Morgan fingerprint density at radius 2 is 1.97 bits per heavy atom. The van der Waals surface area contributed by atoms with E-state index in [1.807, 2.05) is 56.1 Å². The number of rotatable bonds is 9. The molecule has 2 rings (SSSR count). The van der Waals surface area contributed by atoms with E-state index in [1.165, 1.54) is 0 Å². The number of guanidine groups is 1. The van der Waals surface area contributed by atoms with Gasteiger partial charge in [-0.25, -0.2) is 4.98 Å². The molecule has 0 aliphatic heterocycles. The molecule has 8 nitrogen and oxygen atoms in total. The van der Waals surface area contributed by atoms with Crippen molar-refractivity contribution in [1.29, 1.82) is 0 Å². The summed E-state index contributed by atoms with van der Waals surface area (Å²) in [5.74, 6) is 2.65. The molecular weight excluding hydrogens is 509 g/mol. The minimum absolute atomic E-state index is 0. The molecule has 0 bridgehead atoms. The lowest BCUT2D eigenvalue weighted by Crippen LogP contribution is -2.38. The molecule has 1 heterocycles. The molecule has 0 aliphatic carbocycles. The number of hydrogen-bond donors (Lipinski definition) is 2. The molecule has 1 aromatic carbocycles. The first-order valence-electron chi connectivity index (χ1n) is 9.90. The average molecular weight is 541 g/mol. The van der Waals surface area contributed by atoms with Crippen LogP contribution in [0.3, 0.4) is 0 Å². The van der Waals surface area contributed by atoms with Crippen LogP contribution in [-0.4, -0.2) is 56.1 Å². The van der Waals surface area contributed by atoms with Crippen molar-refractivity contribution in [2.45, 2.75) is 26.8 Å². The monoisotopic (exact) mass is 541 g/mol. The van der Waals surface area contributed by atoms with Gasteiger partial charge in [0.2, 0.25) is 5.91 Å². The number of carbonyl (C=O) groups excluding carboxylic acids is 1. The van der Waals surface area contributed by atoms with Crippen molar-refractivity contribution < 1.29 is 14.3 Å². The number of aromatic nitrogens is 1. The maximum Gasteiger partial charge on any atom is 0.227 e. The predicted octanol–water partition coefficient (Wildman–Crippen LogP) is 3.45. The van der Waals surface area contributed by atoms with Crippen LogP contribution < -0.4 is 20.1 Å². The third kappa shape index (κ3) is 8.60. The van der Waals surface area contributed by atoms with E-state index in [0.29, 0.717) is 18.9 Å². The van der Waals surface area contributed by atoms with E-state index in [1.54, 1.807) is 20.3 Å². The summed E-state index contributed by atoms with van der Waals surface area (Å²) in [6.07, 6.45) is 0.268. The zero-order valence-corrected chi connectivity index (χ0v) is 21.1. The van der Waals surface area contributed by atoms with Gasteiger partial charge in [0.15, 0.2) is 5.96 Å². The molecular formula is C22H32IN5O3. The van der Waals surface area contributed by atoms with Crippen molar-refractivity contribution in [2.75, 3.05) is 39.7 Å². The van der Waals surface area contributed by atoms with Gasteiger partial charge in [-0.2, -0.15) is 0 Å². The Bertz CT molecular complexity index is 876.